The fourth-order valence-corrected chi connectivity index (χ4v) is 4.02. The van der Waals surface area contributed by atoms with E-state index in [-0.39, 0.29) is 24.4 Å². The summed E-state index contributed by atoms with van der Waals surface area (Å²) < 4.78 is 0. The molecule has 1 saturated carbocycles. The minimum Gasteiger partial charge on any atom is -0.338 e. The van der Waals surface area contributed by atoms with E-state index in [4.69, 9.17) is 5.73 Å². The number of halogens is 1. The lowest BCUT2D eigenvalue weighted by molar-refractivity contribution is 0.0780. The number of pyridine rings is 1. The number of nitrogens with two attached hydrogens (primary N) is 1. The lowest BCUT2D eigenvalue weighted by atomic mass is 9.98. The molecule has 0 bridgehead atoms. The molecule has 23 heavy (non-hydrogen) atoms. The first-order chi connectivity index (χ1) is 10.6. The van der Waals surface area contributed by atoms with Crippen molar-refractivity contribution >= 4 is 29.2 Å². The monoisotopic (exact) mass is 331 g/mol. The van der Waals surface area contributed by atoms with E-state index in [1.54, 1.807) is 0 Å². The molecular weight excluding hydrogens is 310 g/mol. The van der Waals surface area contributed by atoms with Crippen LogP contribution < -0.4 is 5.73 Å². The highest BCUT2D eigenvalue weighted by molar-refractivity contribution is 5.98. The van der Waals surface area contributed by atoms with Crippen molar-refractivity contribution in [1.29, 1.82) is 0 Å². The van der Waals surface area contributed by atoms with E-state index in [0.717, 1.165) is 48.1 Å². The molecule has 2 aromatic rings. The number of amides is 1. The Hall–Kier alpha value is -1.65. The summed E-state index contributed by atoms with van der Waals surface area (Å²) in [6.45, 7) is 3.65. The van der Waals surface area contributed by atoms with Crippen molar-refractivity contribution in [3.8, 4) is 0 Å². The summed E-state index contributed by atoms with van der Waals surface area (Å²) in [6.07, 6.45) is 2.27. The van der Waals surface area contributed by atoms with E-state index in [9.17, 15) is 4.79 Å². The summed E-state index contributed by atoms with van der Waals surface area (Å²) in [5, 5.41) is 1.02. The molecular formula is C18H22ClN3O. The third-order valence-corrected chi connectivity index (χ3v) is 5.27. The van der Waals surface area contributed by atoms with Crippen LogP contribution in [-0.4, -0.2) is 34.9 Å². The highest BCUT2D eigenvalue weighted by atomic mass is 35.5. The quantitative estimate of drug-likeness (QED) is 0.874. The van der Waals surface area contributed by atoms with Crippen LogP contribution in [0.2, 0.25) is 0 Å². The highest BCUT2D eigenvalue weighted by Crippen LogP contribution is 2.37. The van der Waals surface area contributed by atoms with Crippen LogP contribution in [0.25, 0.3) is 10.9 Å². The van der Waals surface area contributed by atoms with Gasteiger partial charge in [-0.25, -0.2) is 0 Å². The van der Waals surface area contributed by atoms with Crippen molar-refractivity contribution < 1.29 is 4.79 Å². The van der Waals surface area contributed by atoms with E-state index in [0.29, 0.717) is 11.8 Å². The van der Waals surface area contributed by atoms with E-state index in [1.807, 2.05) is 42.2 Å². The molecule has 2 aliphatic rings. The van der Waals surface area contributed by atoms with Crippen molar-refractivity contribution in [3.63, 3.8) is 0 Å². The van der Waals surface area contributed by atoms with Crippen LogP contribution in [0.5, 0.6) is 0 Å². The zero-order chi connectivity index (χ0) is 15.3. The molecule has 1 aliphatic heterocycles. The summed E-state index contributed by atoms with van der Waals surface area (Å²) >= 11 is 0. The van der Waals surface area contributed by atoms with Crippen LogP contribution in [0.15, 0.2) is 30.3 Å². The number of fused-ring (bicyclic) bond motifs is 2. The van der Waals surface area contributed by atoms with Gasteiger partial charge in [0.25, 0.3) is 5.91 Å². The number of hydrogen-bond donors (Lipinski definition) is 1. The largest absolute Gasteiger partial charge is 0.338 e. The van der Waals surface area contributed by atoms with Crippen LogP contribution in [0.4, 0.5) is 0 Å². The Morgan fingerprint density at radius 3 is 2.83 bits per heavy atom. The number of carbonyl (C=O) groups excluding carboxylic acids is 1. The van der Waals surface area contributed by atoms with Crippen LogP contribution in [0.3, 0.4) is 0 Å². The first kappa shape index (κ1) is 16.2. The number of hydrogen-bond acceptors (Lipinski definition) is 3. The van der Waals surface area contributed by atoms with Gasteiger partial charge in [-0.1, -0.05) is 6.07 Å². The highest BCUT2D eigenvalue weighted by Gasteiger charge is 2.42. The predicted molar refractivity (Wildman–Crippen MR) is 93.8 cm³/mol. The van der Waals surface area contributed by atoms with Gasteiger partial charge in [0, 0.05) is 35.8 Å². The summed E-state index contributed by atoms with van der Waals surface area (Å²) in [7, 11) is 0. The molecule has 4 rings (SSSR count). The maximum Gasteiger partial charge on any atom is 0.253 e. The molecule has 1 aliphatic carbocycles. The van der Waals surface area contributed by atoms with Crippen LogP contribution in [0, 0.1) is 18.8 Å². The smallest absolute Gasteiger partial charge is 0.253 e. The fourth-order valence-electron chi connectivity index (χ4n) is 4.02. The molecule has 5 heteroatoms. The molecule has 1 aromatic heterocycles. The minimum atomic E-state index is 0. The molecule has 0 radical (unpaired) electrons. The maximum absolute atomic E-state index is 12.8. The minimum absolute atomic E-state index is 0. The zero-order valence-corrected chi connectivity index (χ0v) is 14.1. The number of carbonyl (C=O) groups is 1. The van der Waals surface area contributed by atoms with E-state index in [1.165, 1.54) is 0 Å². The average molecular weight is 332 g/mol. The summed E-state index contributed by atoms with van der Waals surface area (Å²) in [6, 6.07) is 10.1. The second-order valence-electron chi connectivity index (χ2n) is 6.74. The van der Waals surface area contributed by atoms with Gasteiger partial charge in [-0.15, -0.1) is 12.4 Å². The van der Waals surface area contributed by atoms with Crippen molar-refractivity contribution in [2.75, 3.05) is 13.1 Å². The molecule has 2 fully saturated rings. The summed E-state index contributed by atoms with van der Waals surface area (Å²) in [4.78, 5) is 19.2. The maximum atomic E-state index is 12.8. The fraction of sp³-hybridized carbons (Fsp3) is 0.444. The Bertz CT molecular complexity index is 748. The predicted octanol–water partition coefficient (Wildman–Crippen LogP) is 2.77. The van der Waals surface area contributed by atoms with E-state index >= 15 is 0 Å². The van der Waals surface area contributed by atoms with Gasteiger partial charge in [-0.2, -0.15) is 0 Å². The van der Waals surface area contributed by atoms with Crippen molar-refractivity contribution in [1.82, 2.24) is 9.88 Å². The number of benzene rings is 1. The number of rotatable bonds is 1. The Balaban J connectivity index is 0.00000156. The molecule has 1 saturated heterocycles. The second-order valence-corrected chi connectivity index (χ2v) is 6.74. The standard InChI is InChI=1S/C18H21N3O.ClH/c1-11-2-3-12-8-13(5-7-17(12)20-11)18(22)21-9-14-4-6-16(19)15(14)10-21;/h2-3,5,7-8,14-16H,4,6,9-10,19H2,1H3;1H. The molecule has 2 N–H and O–H groups in total. The van der Waals surface area contributed by atoms with E-state index < -0.39 is 0 Å². The number of aromatic nitrogens is 1. The molecule has 1 amide bonds. The molecule has 1 aromatic carbocycles. The van der Waals surface area contributed by atoms with Crippen LogP contribution in [0.1, 0.15) is 28.9 Å². The van der Waals surface area contributed by atoms with Gasteiger partial charge in [0.05, 0.1) is 5.52 Å². The van der Waals surface area contributed by atoms with Crippen LogP contribution >= 0.6 is 12.4 Å². The summed E-state index contributed by atoms with van der Waals surface area (Å²) in [5.41, 5.74) is 8.85. The molecule has 3 unspecified atom stereocenters. The topological polar surface area (TPSA) is 59.2 Å². The SMILES string of the molecule is Cc1ccc2cc(C(=O)N3CC4CCC(N)C4C3)ccc2n1.Cl. The zero-order valence-electron chi connectivity index (χ0n) is 13.2. The average Bonchev–Trinajstić information content (AvgIpc) is 3.08. The lowest BCUT2D eigenvalue weighted by Gasteiger charge is -2.19. The van der Waals surface area contributed by atoms with Gasteiger partial charge in [0.15, 0.2) is 0 Å². The van der Waals surface area contributed by atoms with E-state index in [2.05, 4.69) is 4.98 Å². The first-order valence-electron chi connectivity index (χ1n) is 8.04. The van der Waals surface area contributed by atoms with Crippen molar-refractivity contribution in [3.05, 3.63) is 41.6 Å². The van der Waals surface area contributed by atoms with Crippen molar-refractivity contribution in [2.45, 2.75) is 25.8 Å². The first-order valence-corrected chi connectivity index (χ1v) is 8.04. The van der Waals surface area contributed by atoms with Gasteiger partial charge < -0.3 is 10.6 Å². The third-order valence-electron chi connectivity index (χ3n) is 5.27. The molecule has 122 valence electrons. The molecule has 4 nitrogen and oxygen atoms in total. The summed E-state index contributed by atoms with van der Waals surface area (Å²) in [5.74, 6) is 1.22. The number of aryl methyl sites for hydroxylation is 1. The van der Waals surface area contributed by atoms with Gasteiger partial charge in [-0.3, -0.25) is 9.78 Å². The normalized spacial score (nSPS) is 26.2. The number of likely N-dealkylation sites (tertiary alicyclic amines) is 1. The Labute approximate surface area is 142 Å². The van der Waals surface area contributed by atoms with Gasteiger partial charge >= 0.3 is 0 Å². The third kappa shape index (κ3) is 2.81. The number of nitrogens with zero attached hydrogens (tertiary/aromatic N) is 2. The Morgan fingerprint density at radius 2 is 2.04 bits per heavy atom. The van der Waals surface area contributed by atoms with Crippen LogP contribution in [-0.2, 0) is 0 Å². The van der Waals surface area contributed by atoms with Crippen molar-refractivity contribution in [2.24, 2.45) is 17.6 Å². The van der Waals surface area contributed by atoms with Gasteiger partial charge in [0.2, 0.25) is 0 Å². The lowest BCUT2D eigenvalue weighted by Crippen LogP contribution is -2.33. The second kappa shape index (κ2) is 6.10. The molecule has 2 heterocycles. The van der Waals surface area contributed by atoms with Gasteiger partial charge in [0.1, 0.15) is 0 Å². The Kier molecular flexibility index (Phi) is 4.30. The Morgan fingerprint density at radius 1 is 1.22 bits per heavy atom. The molecule has 0 spiro atoms. The van der Waals surface area contributed by atoms with Gasteiger partial charge in [-0.05, 0) is 55.9 Å². The molecule has 3 atom stereocenters.